The van der Waals surface area contributed by atoms with Gasteiger partial charge in [-0.1, -0.05) is 234 Å². The second kappa shape index (κ2) is 21.9. The summed E-state index contributed by atoms with van der Waals surface area (Å²) >= 11 is 3.46. The summed E-state index contributed by atoms with van der Waals surface area (Å²) in [6.45, 7) is 8.37. The number of nitrogens with zero attached hydrogens (tertiary/aromatic N) is 4. The molecule has 438 valence electrons. The molecule has 0 aliphatic carbocycles. The Morgan fingerprint density at radius 3 is 1.16 bits per heavy atom. The minimum Gasteiger partial charge on any atom is -0.399 e. The van der Waals surface area contributed by atoms with E-state index in [-0.39, 0.29) is 11.2 Å². The van der Waals surface area contributed by atoms with E-state index in [4.69, 9.17) is 19.3 Å². The van der Waals surface area contributed by atoms with Gasteiger partial charge >= 0.3 is 7.12 Å². The highest BCUT2D eigenvalue weighted by molar-refractivity contribution is 9.10. The van der Waals surface area contributed by atoms with E-state index in [1.54, 1.807) is 0 Å². The lowest BCUT2D eigenvalue weighted by Crippen LogP contribution is -2.41. The molecule has 1 aliphatic rings. The first-order valence-electron chi connectivity index (χ1n) is 31.5. The van der Waals surface area contributed by atoms with Gasteiger partial charge in [0.15, 0.2) is 0 Å². The maximum absolute atomic E-state index is 6.39. The van der Waals surface area contributed by atoms with Gasteiger partial charge in [-0.15, -0.1) is 0 Å². The van der Waals surface area contributed by atoms with Crippen molar-refractivity contribution < 1.29 is 9.31 Å². The van der Waals surface area contributed by atoms with Gasteiger partial charge in [0.05, 0.1) is 44.3 Å². The second-order valence-electron chi connectivity index (χ2n) is 25.2. The van der Waals surface area contributed by atoms with E-state index in [0.29, 0.717) is 0 Å². The quantitative estimate of drug-likeness (QED) is 0.130. The molecule has 5 heterocycles. The van der Waals surface area contributed by atoms with Gasteiger partial charge in [-0.2, -0.15) is 0 Å². The summed E-state index contributed by atoms with van der Waals surface area (Å²) in [6.07, 6.45) is 0. The molecule has 6 nitrogen and oxygen atoms in total. The van der Waals surface area contributed by atoms with Crippen molar-refractivity contribution in [2.75, 3.05) is 0 Å². The summed E-state index contributed by atoms with van der Waals surface area (Å²) in [5, 5.41) is 17.3. The van der Waals surface area contributed by atoms with Crippen LogP contribution in [0.2, 0.25) is 0 Å². The Balaban J connectivity index is 0.000000114. The Bertz CT molecular complexity index is 5980. The monoisotopic (exact) mass is 1250 g/mol. The average molecular weight is 1250 g/mol. The Labute approximate surface area is 540 Å². The van der Waals surface area contributed by atoms with Crippen LogP contribution in [0.1, 0.15) is 27.7 Å². The van der Waals surface area contributed by atoms with Gasteiger partial charge in [0, 0.05) is 36.8 Å². The highest BCUT2D eigenvalue weighted by Gasteiger charge is 2.51. The van der Waals surface area contributed by atoms with Crippen molar-refractivity contribution in [1.82, 2.24) is 18.8 Å². The highest BCUT2D eigenvalue weighted by Crippen LogP contribution is 2.42. The Morgan fingerprint density at radius 1 is 0.304 bits per heavy atom. The third-order valence-electron chi connectivity index (χ3n) is 19.3. The first-order valence-corrected chi connectivity index (χ1v) is 32.3. The minimum absolute atomic E-state index is 0.386. The molecule has 18 aromatic rings. The van der Waals surface area contributed by atoms with E-state index in [0.717, 1.165) is 54.2 Å². The number of pyridine rings is 2. The molecule has 0 spiro atoms. The number of fused-ring (bicyclic) bond motifs is 22. The van der Waals surface area contributed by atoms with Crippen LogP contribution in [0.15, 0.2) is 296 Å². The second-order valence-corrected chi connectivity index (χ2v) is 26.2. The standard InChI is InChI=1S/C39H24N2.C29H25BN2O2.C16H11Br/c1-2-9-29-23-30(18-17-25(29)7-1)26-13-15-27(16-14-26)31-20-21-33-37(24-31)41-36-12-6-5-11-35(36)40-39(41)34-22-19-28-8-3-4-10-32(28)38(33)34;1-28(2)29(3,4)34-30(33-28)19-14-16-21-25(17-19)32-24-12-8-7-11-23(24)31-27(32)22-15-13-18-9-5-6-10-20(18)26(21)22;17-16-9-7-13(8-10-16)15-6-5-12-3-1-2-4-14(12)11-15/h1-24H;5-17H,1-4H3;1-11H. The number of rotatable bonds is 4. The van der Waals surface area contributed by atoms with Crippen LogP contribution < -0.4 is 5.46 Å². The van der Waals surface area contributed by atoms with Gasteiger partial charge in [-0.05, 0) is 182 Å². The molecule has 0 bridgehead atoms. The fourth-order valence-corrected chi connectivity index (χ4v) is 14.1. The van der Waals surface area contributed by atoms with Gasteiger partial charge in [0.1, 0.15) is 11.3 Å². The van der Waals surface area contributed by atoms with E-state index >= 15 is 0 Å². The molecule has 1 saturated heterocycles. The molecule has 4 aromatic heterocycles. The number of hydrogen-bond donors (Lipinski definition) is 0. The average Bonchev–Trinajstić information content (AvgIpc) is 1.45. The molecular weight excluding hydrogens is 1190 g/mol. The number of aromatic nitrogens is 4. The molecule has 1 aliphatic heterocycles. The van der Waals surface area contributed by atoms with E-state index < -0.39 is 7.12 Å². The maximum atomic E-state index is 6.39. The number of imidazole rings is 2. The van der Waals surface area contributed by atoms with Crippen molar-refractivity contribution in [3.63, 3.8) is 0 Å². The third-order valence-corrected chi connectivity index (χ3v) is 19.8. The van der Waals surface area contributed by atoms with Crippen LogP contribution in [0.4, 0.5) is 0 Å². The summed E-state index contributed by atoms with van der Waals surface area (Å²) in [5.74, 6) is 0. The molecule has 0 N–H and O–H groups in total. The molecule has 8 heteroatoms. The summed E-state index contributed by atoms with van der Waals surface area (Å²) < 4.78 is 18.5. The lowest BCUT2D eigenvalue weighted by Gasteiger charge is -2.32. The van der Waals surface area contributed by atoms with Crippen molar-refractivity contribution in [2.24, 2.45) is 0 Å². The van der Waals surface area contributed by atoms with Crippen LogP contribution in [-0.4, -0.2) is 37.1 Å². The smallest absolute Gasteiger partial charge is 0.399 e. The van der Waals surface area contributed by atoms with Gasteiger partial charge in [-0.3, -0.25) is 8.80 Å². The van der Waals surface area contributed by atoms with Crippen molar-refractivity contribution in [3.05, 3.63) is 296 Å². The van der Waals surface area contributed by atoms with Crippen LogP contribution >= 0.6 is 15.9 Å². The molecular formula is C84H60BBrN4O2. The van der Waals surface area contributed by atoms with Crippen LogP contribution in [0, 0.1) is 0 Å². The zero-order chi connectivity index (χ0) is 61.8. The lowest BCUT2D eigenvalue weighted by atomic mass is 9.78. The van der Waals surface area contributed by atoms with Crippen LogP contribution in [0.25, 0.3) is 153 Å². The Hall–Kier alpha value is -10.5. The summed E-state index contributed by atoms with van der Waals surface area (Å²) in [6, 6.07) is 104. The zero-order valence-corrected chi connectivity index (χ0v) is 52.9. The lowest BCUT2D eigenvalue weighted by molar-refractivity contribution is 0.00578. The van der Waals surface area contributed by atoms with Gasteiger partial charge in [0.2, 0.25) is 0 Å². The Kier molecular flexibility index (Phi) is 13.2. The molecule has 92 heavy (non-hydrogen) atoms. The fourth-order valence-electron chi connectivity index (χ4n) is 13.8. The molecule has 0 unspecified atom stereocenters. The van der Waals surface area contributed by atoms with Crippen molar-refractivity contribution in [2.45, 2.75) is 38.9 Å². The van der Waals surface area contributed by atoms with E-state index in [9.17, 15) is 0 Å². The SMILES string of the molecule is Brc1ccc(-c2ccc3ccccc3c2)cc1.CC1(C)OB(c2ccc3c4c5ccccc5ccc4c4nc5ccccc5n4c3c2)OC1(C)C.c1ccc2cc(-c3ccc(-c4ccc5c6c7ccccc7ccc6c6nc7ccccc7n6c5c4)cc3)ccc2c1. The number of benzene rings is 14. The van der Waals surface area contributed by atoms with Crippen molar-refractivity contribution in [1.29, 1.82) is 0 Å². The van der Waals surface area contributed by atoms with Crippen LogP contribution in [-0.2, 0) is 9.31 Å². The number of para-hydroxylation sites is 4. The number of hydrogen-bond acceptors (Lipinski definition) is 4. The molecule has 1 fully saturated rings. The molecule has 0 atom stereocenters. The van der Waals surface area contributed by atoms with E-state index in [1.807, 2.05) is 6.07 Å². The van der Waals surface area contributed by atoms with Gasteiger partial charge in [0.25, 0.3) is 0 Å². The first-order chi connectivity index (χ1) is 45.0. The van der Waals surface area contributed by atoms with E-state index in [2.05, 4.69) is 338 Å². The van der Waals surface area contributed by atoms with Crippen LogP contribution in [0.3, 0.4) is 0 Å². The number of halogens is 1. The summed E-state index contributed by atoms with van der Waals surface area (Å²) in [5.41, 5.74) is 16.1. The summed E-state index contributed by atoms with van der Waals surface area (Å²) in [7, 11) is -0.414. The highest BCUT2D eigenvalue weighted by atomic mass is 79.9. The topological polar surface area (TPSA) is 53.1 Å². The fraction of sp³-hybridized carbons (Fsp3) is 0.0714. The van der Waals surface area contributed by atoms with Crippen molar-refractivity contribution in [3.8, 4) is 33.4 Å². The van der Waals surface area contributed by atoms with Gasteiger partial charge < -0.3 is 9.31 Å². The normalized spacial score (nSPS) is 13.8. The molecule has 19 rings (SSSR count). The van der Waals surface area contributed by atoms with Crippen molar-refractivity contribution >= 4 is 148 Å². The third kappa shape index (κ3) is 9.39. The zero-order valence-electron chi connectivity index (χ0n) is 51.3. The Morgan fingerprint density at radius 2 is 0.663 bits per heavy atom. The predicted octanol–water partition coefficient (Wildman–Crippen LogP) is 21.9. The summed E-state index contributed by atoms with van der Waals surface area (Å²) in [4.78, 5) is 10.2. The predicted molar refractivity (Wildman–Crippen MR) is 392 cm³/mol. The molecule has 14 aromatic carbocycles. The maximum Gasteiger partial charge on any atom is 0.494 e. The molecule has 0 saturated carbocycles. The first kappa shape index (κ1) is 55.6. The molecule has 0 radical (unpaired) electrons. The largest absolute Gasteiger partial charge is 0.494 e. The van der Waals surface area contributed by atoms with Crippen LogP contribution in [0.5, 0.6) is 0 Å². The molecule has 0 amide bonds. The van der Waals surface area contributed by atoms with Gasteiger partial charge in [-0.25, -0.2) is 9.97 Å². The van der Waals surface area contributed by atoms with E-state index in [1.165, 1.54) is 109 Å². The minimum atomic E-state index is -0.414.